The molecule has 0 bridgehead atoms. The van der Waals surface area contributed by atoms with Crippen LogP contribution in [0.1, 0.15) is 78.7 Å². The molecule has 0 radical (unpaired) electrons. The normalized spacial score (nSPS) is 14.2. The Balaban J connectivity index is 0.000000225. The molecule has 4 rings (SSSR count). The monoisotopic (exact) mass is 514 g/mol. The first-order valence-corrected chi connectivity index (χ1v) is 14.0. The van der Waals surface area contributed by atoms with Crippen LogP contribution in [-0.2, 0) is 24.2 Å². The van der Waals surface area contributed by atoms with E-state index in [-0.39, 0.29) is 17.7 Å². The van der Waals surface area contributed by atoms with Crippen molar-refractivity contribution in [2.45, 2.75) is 71.8 Å². The smallest absolute Gasteiger partial charge is 0.254 e. The van der Waals surface area contributed by atoms with Crippen molar-refractivity contribution in [1.82, 2.24) is 10.2 Å². The molecule has 1 heterocycles. The van der Waals surface area contributed by atoms with Crippen LogP contribution in [0.5, 0.6) is 0 Å². The summed E-state index contributed by atoms with van der Waals surface area (Å²) in [5.74, 6) is 0.232. The first kappa shape index (κ1) is 27.1. The van der Waals surface area contributed by atoms with Crippen LogP contribution in [0.4, 0.5) is 5.00 Å². The fourth-order valence-corrected chi connectivity index (χ4v) is 5.55. The highest BCUT2D eigenvalue weighted by Gasteiger charge is 2.32. The van der Waals surface area contributed by atoms with Crippen molar-refractivity contribution in [3.8, 4) is 0 Å². The van der Waals surface area contributed by atoms with E-state index in [4.69, 9.17) is 18.0 Å². The third kappa shape index (κ3) is 8.04. The number of thiophene rings is 1. The summed E-state index contributed by atoms with van der Waals surface area (Å²) in [7, 11) is 0. The van der Waals surface area contributed by atoms with Gasteiger partial charge in [0.2, 0.25) is 5.91 Å². The molecule has 8 heteroatoms. The van der Waals surface area contributed by atoms with Gasteiger partial charge in [-0.25, -0.2) is 0 Å². The van der Waals surface area contributed by atoms with Crippen LogP contribution >= 0.6 is 23.6 Å². The average Bonchev–Trinajstić information content (AvgIpc) is 3.65. The third-order valence-corrected chi connectivity index (χ3v) is 7.77. The number of nitrogens with two attached hydrogens (primary N) is 1. The minimum Gasteiger partial charge on any atom is -0.376 e. The average molecular weight is 515 g/mol. The van der Waals surface area contributed by atoms with E-state index in [0.717, 1.165) is 68.6 Å². The second-order valence-electron chi connectivity index (χ2n) is 9.13. The molecule has 2 amide bonds. The molecule has 1 fully saturated rings. The molecule has 1 aromatic carbocycles. The number of thiocarbonyl (C=S) groups is 1. The Labute approximate surface area is 218 Å². The number of amides is 2. The summed E-state index contributed by atoms with van der Waals surface area (Å²) in [5, 5.41) is 7.27. The zero-order valence-electron chi connectivity index (χ0n) is 20.9. The van der Waals surface area contributed by atoms with Crippen LogP contribution in [0.2, 0.25) is 0 Å². The summed E-state index contributed by atoms with van der Waals surface area (Å²) >= 11 is 6.53. The maximum absolute atomic E-state index is 12.6. The lowest BCUT2D eigenvalue weighted by molar-refractivity contribution is -0.117. The molecule has 35 heavy (non-hydrogen) atoms. The molecule has 1 saturated carbocycles. The molecule has 2 aromatic rings. The number of nitrogens with zero attached hydrogens (tertiary/aromatic N) is 1. The summed E-state index contributed by atoms with van der Waals surface area (Å²) in [4.78, 5) is 27.9. The van der Waals surface area contributed by atoms with Gasteiger partial charge in [-0.3, -0.25) is 9.59 Å². The lowest BCUT2D eigenvalue weighted by Crippen LogP contribution is -2.34. The molecular weight excluding hydrogens is 476 g/mol. The van der Waals surface area contributed by atoms with Gasteiger partial charge in [0.25, 0.3) is 5.91 Å². The van der Waals surface area contributed by atoms with Crippen LogP contribution in [-0.4, -0.2) is 34.9 Å². The van der Waals surface area contributed by atoms with E-state index < -0.39 is 0 Å². The fraction of sp³-hybridized carbons (Fsp3) is 0.519. The van der Waals surface area contributed by atoms with Gasteiger partial charge in [-0.05, 0) is 75.2 Å². The largest absolute Gasteiger partial charge is 0.376 e. The summed E-state index contributed by atoms with van der Waals surface area (Å²) in [6.45, 7) is 6.51. The molecule has 0 spiro atoms. The molecule has 0 aliphatic heterocycles. The third-order valence-electron chi connectivity index (χ3n) is 6.31. The van der Waals surface area contributed by atoms with Gasteiger partial charge < -0.3 is 21.3 Å². The number of hydrogen-bond donors (Lipinski definition) is 3. The predicted octanol–water partition coefficient (Wildman–Crippen LogP) is 5.26. The second kappa shape index (κ2) is 13.6. The van der Waals surface area contributed by atoms with E-state index in [2.05, 4.69) is 29.7 Å². The van der Waals surface area contributed by atoms with Gasteiger partial charge >= 0.3 is 0 Å². The lowest BCUT2D eigenvalue weighted by Gasteiger charge is -2.20. The zero-order valence-corrected chi connectivity index (χ0v) is 22.5. The Bertz CT molecular complexity index is 1000. The minimum absolute atomic E-state index is 0.0149. The summed E-state index contributed by atoms with van der Waals surface area (Å²) in [5.41, 5.74) is 8.70. The van der Waals surface area contributed by atoms with E-state index in [1.165, 1.54) is 22.4 Å². The number of aryl methyl sites for hydroxylation is 1. The highest BCUT2D eigenvalue weighted by Crippen LogP contribution is 2.39. The van der Waals surface area contributed by atoms with Crippen LogP contribution in [0, 0.1) is 5.92 Å². The van der Waals surface area contributed by atoms with E-state index in [1.54, 1.807) is 11.3 Å². The molecule has 2 aliphatic rings. The van der Waals surface area contributed by atoms with Crippen LogP contribution < -0.4 is 16.4 Å². The lowest BCUT2D eigenvalue weighted by atomic mass is 9.95. The van der Waals surface area contributed by atoms with Gasteiger partial charge in [0.1, 0.15) is 5.00 Å². The molecule has 1 aromatic heterocycles. The highest BCUT2D eigenvalue weighted by molar-refractivity contribution is 7.80. The molecule has 6 nitrogen and oxygen atoms in total. The number of nitrogens with one attached hydrogen (secondary N) is 2. The van der Waals surface area contributed by atoms with E-state index >= 15 is 0 Å². The molecule has 0 unspecified atom stereocenters. The van der Waals surface area contributed by atoms with Crippen LogP contribution in [0.25, 0.3) is 0 Å². The molecule has 0 saturated heterocycles. The minimum atomic E-state index is -0.0149. The molecule has 2 aliphatic carbocycles. The second-order valence-corrected chi connectivity index (χ2v) is 10.6. The number of carbonyl (C=O) groups is 2. The van der Waals surface area contributed by atoms with Crippen molar-refractivity contribution < 1.29 is 9.59 Å². The van der Waals surface area contributed by atoms with E-state index in [1.807, 2.05) is 30.0 Å². The first-order valence-electron chi connectivity index (χ1n) is 12.8. The Morgan fingerprint density at radius 2 is 1.86 bits per heavy atom. The number of fused-ring (bicyclic) bond motifs is 1. The van der Waals surface area contributed by atoms with E-state index in [0.29, 0.717) is 11.7 Å². The van der Waals surface area contributed by atoms with Crippen molar-refractivity contribution in [2.24, 2.45) is 11.7 Å². The van der Waals surface area contributed by atoms with Gasteiger partial charge in [0, 0.05) is 30.4 Å². The van der Waals surface area contributed by atoms with E-state index in [9.17, 15) is 9.59 Å². The summed E-state index contributed by atoms with van der Waals surface area (Å²) < 4.78 is 0. The molecule has 0 atom stereocenters. The quantitative estimate of drug-likeness (QED) is 0.314. The van der Waals surface area contributed by atoms with Gasteiger partial charge in [0.05, 0.1) is 5.56 Å². The first-order chi connectivity index (χ1) is 16.9. The van der Waals surface area contributed by atoms with Crippen LogP contribution in [0.3, 0.4) is 0 Å². The molecule has 4 N–H and O–H groups in total. The SMILES string of the molecule is CCCCNC(=O)c1c(NC(=O)C2CC2)sc2c1CCCC2.CCN(Cc1ccccc1)C(N)=S. The van der Waals surface area contributed by atoms with Crippen molar-refractivity contribution in [1.29, 1.82) is 0 Å². The Morgan fingerprint density at radius 3 is 2.49 bits per heavy atom. The Morgan fingerprint density at radius 1 is 1.14 bits per heavy atom. The zero-order chi connectivity index (χ0) is 25.2. The maximum Gasteiger partial charge on any atom is 0.254 e. The van der Waals surface area contributed by atoms with Gasteiger partial charge in [-0.15, -0.1) is 11.3 Å². The number of hydrogen-bond acceptors (Lipinski definition) is 4. The summed E-state index contributed by atoms with van der Waals surface area (Å²) in [6.07, 6.45) is 8.32. The summed E-state index contributed by atoms with van der Waals surface area (Å²) in [6, 6.07) is 10.2. The molecule has 190 valence electrons. The number of benzene rings is 1. The number of anilines is 1. The highest BCUT2D eigenvalue weighted by atomic mass is 32.1. The fourth-order valence-electron chi connectivity index (χ4n) is 4.07. The van der Waals surface area contributed by atoms with Crippen molar-refractivity contribution >= 4 is 45.5 Å². The van der Waals surface area contributed by atoms with Crippen molar-refractivity contribution in [2.75, 3.05) is 18.4 Å². The standard InChI is InChI=1S/C17H24N2O2S.C10H14N2S/c1-2-3-10-18-16(21)14-12-6-4-5-7-13(12)22-17(14)19-15(20)11-8-9-11;1-2-12(10(11)13)8-9-6-4-3-5-7-9/h11H,2-10H2,1H3,(H,18,21)(H,19,20);3-7H,2,8H2,1H3,(H2,11,13). The predicted molar refractivity (Wildman–Crippen MR) is 149 cm³/mol. The van der Waals surface area contributed by atoms with Gasteiger partial charge in [-0.2, -0.15) is 0 Å². The number of carbonyl (C=O) groups excluding carboxylic acids is 2. The van der Waals surface area contributed by atoms with Gasteiger partial charge in [-0.1, -0.05) is 43.7 Å². The topological polar surface area (TPSA) is 87.5 Å². The Hall–Kier alpha value is -2.45. The van der Waals surface area contributed by atoms with Crippen molar-refractivity contribution in [3.63, 3.8) is 0 Å². The molecular formula is C27H38N4O2S2. The Kier molecular flexibility index (Phi) is 10.5. The van der Waals surface area contributed by atoms with Crippen molar-refractivity contribution in [3.05, 3.63) is 51.9 Å². The maximum atomic E-state index is 12.6. The van der Waals surface area contributed by atoms with Crippen LogP contribution in [0.15, 0.2) is 30.3 Å². The van der Waals surface area contributed by atoms with Gasteiger partial charge in [0.15, 0.2) is 5.11 Å². The number of rotatable bonds is 9. The number of unbranched alkanes of at least 4 members (excludes halogenated alkanes) is 1.